The number of nitrogens with one attached hydrogen (secondary N) is 2. The maximum absolute atomic E-state index is 12.5. The lowest BCUT2D eigenvalue weighted by atomic mass is 10.3. The van der Waals surface area contributed by atoms with Gasteiger partial charge in [-0.15, -0.1) is 16.4 Å². The fraction of sp³-hybridized carbons (Fsp3) is 0.176. The van der Waals surface area contributed by atoms with Gasteiger partial charge in [-0.05, 0) is 32.0 Å². The molecule has 0 fully saturated rings. The molecular weight excluding hydrogens is 356 g/mol. The highest BCUT2D eigenvalue weighted by Gasteiger charge is 2.21. The van der Waals surface area contributed by atoms with Crippen LogP contribution in [0.1, 0.15) is 32.8 Å². The lowest BCUT2D eigenvalue weighted by Gasteiger charge is -2.04. The Labute approximate surface area is 152 Å². The summed E-state index contributed by atoms with van der Waals surface area (Å²) in [5.41, 5.74) is 0.272. The molecular formula is C17H16N4O4S. The number of H-pyrrole nitrogens is 1. The van der Waals surface area contributed by atoms with Crippen molar-refractivity contribution in [3.8, 4) is 5.69 Å². The van der Waals surface area contributed by atoms with E-state index >= 15 is 0 Å². The Bertz CT molecular complexity index is 1000. The molecule has 0 aliphatic carbocycles. The molecule has 2 heterocycles. The van der Waals surface area contributed by atoms with Crippen molar-refractivity contribution < 1.29 is 14.3 Å². The number of amides is 1. The van der Waals surface area contributed by atoms with Crippen LogP contribution in [-0.2, 0) is 4.74 Å². The van der Waals surface area contributed by atoms with Gasteiger partial charge in [0.1, 0.15) is 5.00 Å². The average Bonchev–Trinajstić information content (AvgIpc) is 3.19. The third-order valence-electron chi connectivity index (χ3n) is 3.41. The van der Waals surface area contributed by atoms with E-state index in [-0.39, 0.29) is 18.0 Å². The first-order valence-electron chi connectivity index (χ1n) is 7.83. The Morgan fingerprint density at radius 1 is 1.31 bits per heavy atom. The van der Waals surface area contributed by atoms with E-state index < -0.39 is 17.6 Å². The predicted octanol–water partition coefficient (Wildman–Crippen LogP) is 2.36. The molecule has 1 aromatic carbocycles. The summed E-state index contributed by atoms with van der Waals surface area (Å²) in [7, 11) is 0. The van der Waals surface area contributed by atoms with Gasteiger partial charge in [0.2, 0.25) is 5.82 Å². The zero-order chi connectivity index (χ0) is 18.7. The number of aryl methyl sites for hydroxylation is 1. The quantitative estimate of drug-likeness (QED) is 0.669. The second-order valence-electron chi connectivity index (χ2n) is 5.30. The topological polar surface area (TPSA) is 106 Å². The SMILES string of the molecule is CCOC(=O)c1cc(C)sc1NC(=O)c1nn(-c2ccccc2)c(=O)[nH]1. The van der Waals surface area contributed by atoms with Crippen molar-refractivity contribution in [1.82, 2.24) is 14.8 Å². The summed E-state index contributed by atoms with van der Waals surface area (Å²) in [4.78, 5) is 39.8. The number of thiophene rings is 1. The maximum atomic E-state index is 12.5. The minimum Gasteiger partial charge on any atom is -0.462 e. The van der Waals surface area contributed by atoms with Gasteiger partial charge in [-0.2, -0.15) is 4.68 Å². The molecule has 2 N–H and O–H groups in total. The maximum Gasteiger partial charge on any atom is 0.348 e. The molecule has 0 saturated carbocycles. The zero-order valence-electron chi connectivity index (χ0n) is 14.1. The van der Waals surface area contributed by atoms with Crippen LogP contribution in [-0.4, -0.2) is 33.2 Å². The number of hydrogen-bond acceptors (Lipinski definition) is 6. The van der Waals surface area contributed by atoms with Crippen molar-refractivity contribution in [2.75, 3.05) is 11.9 Å². The molecule has 134 valence electrons. The molecule has 3 rings (SSSR count). The Balaban J connectivity index is 1.86. The minimum atomic E-state index is -0.621. The first-order valence-corrected chi connectivity index (χ1v) is 8.65. The highest BCUT2D eigenvalue weighted by atomic mass is 32.1. The van der Waals surface area contributed by atoms with Crippen molar-refractivity contribution in [1.29, 1.82) is 0 Å². The van der Waals surface area contributed by atoms with E-state index in [4.69, 9.17) is 4.74 Å². The number of hydrogen-bond donors (Lipinski definition) is 2. The van der Waals surface area contributed by atoms with Gasteiger partial charge in [0.05, 0.1) is 17.9 Å². The van der Waals surface area contributed by atoms with Crippen LogP contribution in [0.15, 0.2) is 41.2 Å². The van der Waals surface area contributed by atoms with E-state index in [2.05, 4.69) is 15.4 Å². The lowest BCUT2D eigenvalue weighted by Crippen LogP contribution is -2.16. The Kier molecular flexibility index (Phi) is 4.99. The average molecular weight is 372 g/mol. The highest BCUT2D eigenvalue weighted by Crippen LogP contribution is 2.28. The second kappa shape index (κ2) is 7.36. The van der Waals surface area contributed by atoms with Crippen molar-refractivity contribution in [3.63, 3.8) is 0 Å². The molecule has 0 bridgehead atoms. The molecule has 8 nitrogen and oxygen atoms in total. The molecule has 0 saturated heterocycles. The molecule has 0 aliphatic rings. The molecule has 0 radical (unpaired) electrons. The van der Waals surface area contributed by atoms with Crippen LogP contribution in [0.4, 0.5) is 5.00 Å². The van der Waals surface area contributed by atoms with Crippen LogP contribution in [0.3, 0.4) is 0 Å². The van der Waals surface area contributed by atoms with Crippen LogP contribution in [0, 0.1) is 6.92 Å². The number of nitrogens with zero attached hydrogens (tertiary/aromatic N) is 2. The normalized spacial score (nSPS) is 10.5. The molecule has 26 heavy (non-hydrogen) atoms. The summed E-state index contributed by atoms with van der Waals surface area (Å²) in [5.74, 6) is -1.29. The Hall–Kier alpha value is -3.20. The standard InChI is InChI=1S/C17H16N4O4S/c1-3-25-16(23)12-9-10(2)26-15(12)19-14(22)13-18-17(24)21(20-13)11-7-5-4-6-8-11/h4-9H,3H2,1-2H3,(H,19,22)(H,18,20,24). The first kappa shape index (κ1) is 17.6. The van der Waals surface area contributed by atoms with Gasteiger partial charge in [-0.1, -0.05) is 18.2 Å². The molecule has 1 amide bonds. The summed E-state index contributed by atoms with van der Waals surface area (Å²) in [5, 5.41) is 6.98. The van der Waals surface area contributed by atoms with Crippen molar-refractivity contribution >= 4 is 28.2 Å². The van der Waals surface area contributed by atoms with Gasteiger partial charge in [0.15, 0.2) is 0 Å². The summed E-state index contributed by atoms with van der Waals surface area (Å²) in [6.45, 7) is 3.75. The summed E-state index contributed by atoms with van der Waals surface area (Å²) in [6.07, 6.45) is 0. The summed E-state index contributed by atoms with van der Waals surface area (Å²) >= 11 is 1.24. The number of para-hydroxylation sites is 1. The Morgan fingerprint density at radius 3 is 2.73 bits per heavy atom. The molecule has 0 spiro atoms. The molecule has 9 heteroatoms. The van der Waals surface area contributed by atoms with E-state index in [0.29, 0.717) is 10.7 Å². The van der Waals surface area contributed by atoms with E-state index in [0.717, 1.165) is 9.56 Å². The number of anilines is 1. The highest BCUT2D eigenvalue weighted by molar-refractivity contribution is 7.16. The fourth-order valence-corrected chi connectivity index (χ4v) is 3.20. The Morgan fingerprint density at radius 2 is 2.04 bits per heavy atom. The van der Waals surface area contributed by atoms with Crippen molar-refractivity contribution in [3.05, 3.63) is 63.1 Å². The van der Waals surface area contributed by atoms with Crippen LogP contribution >= 0.6 is 11.3 Å². The van der Waals surface area contributed by atoms with Crippen LogP contribution in [0.5, 0.6) is 0 Å². The number of rotatable bonds is 5. The zero-order valence-corrected chi connectivity index (χ0v) is 14.9. The van der Waals surface area contributed by atoms with Gasteiger partial charge in [0, 0.05) is 4.88 Å². The second-order valence-corrected chi connectivity index (χ2v) is 6.56. The van der Waals surface area contributed by atoms with E-state index in [1.165, 1.54) is 11.3 Å². The van der Waals surface area contributed by atoms with Crippen molar-refractivity contribution in [2.24, 2.45) is 0 Å². The minimum absolute atomic E-state index is 0.153. The summed E-state index contributed by atoms with van der Waals surface area (Å²) < 4.78 is 6.09. The summed E-state index contributed by atoms with van der Waals surface area (Å²) in [6, 6.07) is 10.4. The van der Waals surface area contributed by atoms with E-state index in [1.54, 1.807) is 37.3 Å². The lowest BCUT2D eigenvalue weighted by molar-refractivity contribution is 0.0528. The van der Waals surface area contributed by atoms with Crippen molar-refractivity contribution in [2.45, 2.75) is 13.8 Å². The smallest absolute Gasteiger partial charge is 0.348 e. The number of carbonyl (C=O) groups excluding carboxylic acids is 2. The molecule has 2 aromatic heterocycles. The van der Waals surface area contributed by atoms with Gasteiger partial charge in [-0.3, -0.25) is 9.78 Å². The number of ether oxygens (including phenoxy) is 1. The number of carbonyl (C=O) groups is 2. The van der Waals surface area contributed by atoms with Gasteiger partial charge in [-0.25, -0.2) is 9.59 Å². The van der Waals surface area contributed by atoms with Crippen LogP contribution < -0.4 is 11.0 Å². The van der Waals surface area contributed by atoms with Crippen LogP contribution in [0.2, 0.25) is 0 Å². The number of benzene rings is 1. The molecule has 3 aromatic rings. The van der Waals surface area contributed by atoms with E-state index in [9.17, 15) is 14.4 Å². The van der Waals surface area contributed by atoms with Gasteiger partial charge < -0.3 is 10.1 Å². The number of esters is 1. The first-order chi connectivity index (χ1) is 12.5. The number of aromatic amines is 1. The predicted molar refractivity (Wildman–Crippen MR) is 97.2 cm³/mol. The fourth-order valence-electron chi connectivity index (χ4n) is 2.30. The number of aromatic nitrogens is 3. The van der Waals surface area contributed by atoms with Crippen LogP contribution in [0.25, 0.3) is 5.69 Å². The van der Waals surface area contributed by atoms with E-state index in [1.807, 2.05) is 13.0 Å². The molecule has 0 atom stereocenters. The third kappa shape index (κ3) is 3.57. The molecule has 0 aliphatic heterocycles. The molecule has 0 unspecified atom stereocenters. The third-order valence-corrected chi connectivity index (χ3v) is 4.38. The largest absolute Gasteiger partial charge is 0.462 e. The monoisotopic (exact) mass is 372 g/mol. The van der Waals surface area contributed by atoms with Gasteiger partial charge in [0.25, 0.3) is 5.91 Å². The van der Waals surface area contributed by atoms with Gasteiger partial charge >= 0.3 is 11.7 Å².